The van der Waals surface area contributed by atoms with Gasteiger partial charge in [-0.2, -0.15) is 0 Å². The van der Waals surface area contributed by atoms with Crippen LogP contribution < -0.4 is 19.9 Å². The molecule has 6 nitrogen and oxygen atoms in total. The molecule has 0 aromatic heterocycles. The number of nitrogens with zero attached hydrogens (tertiary/aromatic N) is 2. The van der Waals surface area contributed by atoms with Gasteiger partial charge in [0.15, 0.2) is 0 Å². The van der Waals surface area contributed by atoms with E-state index >= 15 is 0 Å². The highest BCUT2D eigenvalue weighted by atomic mass is 19.1. The van der Waals surface area contributed by atoms with Gasteiger partial charge >= 0.3 is 0 Å². The molecule has 162 valence electrons. The van der Waals surface area contributed by atoms with Gasteiger partial charge in [-0.15, -0.1) is 0 Å². The molecule has 32 heavy (non-hydrogen) atoms. The molecule has 1 aliphatic rings. The number of halogens is 1. The third kappa shape index (κ3) is 3.80. The minimum Gasteiger partial charge on any atom is -0.496 e. The first-order valence-electron chi connectivity index (χ1n) is 9.97. The van der Waals surface area contributed by atoms with E-state index in [4.69, 9.17) is 4.74 Å². The van der Waals surface area contributed by atoms with Crippen molar-refractivity contribution in [3.63, 3.8) is 0 Å². The molecule has 0 spiro atoms. The monoisotopic (exact) mass is 431 g/mol. The van der Waals surface area contributed by atoms with Crippen LogP contribution in [0.15, 0.2) is 78.5 Å². The molecule has 1 N–H and O–H groups in total. The molecule has 1 aliphatic heterocycles. The summed E-state index contributed by atoms with van der Waals surface area (Å²) in [5.41, 5.74) is 2.33. The Morgan fingerprint density at radius 2 is 1.66 bits per heavy atom. The third-order valence-corrected chi connectivity index (χ3v) is 5.16. The zero-order chi connectivity index (χ0) is 22.8. The highest BCUT2D eigenvalue weighted by molar-refractivity contribution is 6.46. The summed E-state index contributed by atoms with van der Waals surface area (Å²) < 4.78 is 19.2. The Hall–Kier alpha value is -4.13. The molecule has 0 saturated heterocycles. The van der Waals surface area contributed by atoms with Gasteiger partial charge in [-0.3, -0.25) is 9.59 Å². The lowest BCUT2D eigenvalue weighted by atomic mass is 10.0. The van der Waals surface area contributed by atoms with E-state index in [0.29, 0.717) is 22.7 Å². The van der Waals surface area contributed by atoms with Crippen molar-refractivity contribution in [1.29, 1.82) is 0 Å². The molecule has 1 heterocycles. The minimum atomic E-state index is -0.531. The predicted molar refractivity (Wildman–Crippen MR) is 123 cm³/mol. The molecule has 0 unspecified atom stereocenters. The van der Waals surface area contributed by atoms with Gasteiger partial charge in [0.25, 0.3) is 11.8 Å². The Morgan fingerprint density at radius 1 is 0.906 bits per heavy atom. The van der Waals surface area contributed by atoms with Crippen LogP contribution in [0.25, 0.3) is 5.57 Å². The number of carbonyl (C=O) groups excluding carboxylic acids is 2. The van der Waals surface area contributed by atoms with Crippen molar-refractivity contribution >= 4 is 34.4 Å². The molecule has 0 radical (unpaired) electrons. The molecule has 0 saturated carbocycles. The summed E-state index contributed by atoms with van der Waals surface area (Å²) in [7, 11) is 5.25. The third-order valence-electron chi connectivity index (χ3n) is 5.16. The second-order valence-electron chi connectivity index (χ2n) is 7.45. The Labute approximate surface area is 185 Å². The van der Waals surface area contributed by atoms with Crippen LogP contribution in [0.1, 0.15) is 5.56 Å². The van der Waals surface area contributed by atoms with Gasteiger partial charge in [0.1, 0.15) is 17.3 Å². The molecule has 7 heteroatoms. The van der Waals surface area contributed by atoms with E-state index in [9.17, 15) is 14.0 Å². The summed E-state index contributed by atoms with van der Waals surface area (Å²) in [6.07, 6.45) is 0. The van der Waals surface area contributed by atoms with Crippen LogP contribution in [-0.4, -0.2) is 33.0 Å². The molecule has 3 aromatic carbocycles. The van der Waals surface area contributed by atoms with E-state index in [1.54, 1.807) is 48.5 Å². The van der Waals surface area contributed by atoms with E-state index in [-0.39, 0.29) is 11.3 Å². The van der Waals surface area contributed by atoms with E-state index in [2.05, 4.69) is 5.32 Å². The van der Waals surface area contributed by atoms with Crippen LogP contribution >= 0.6 is 0 Å². The number of anilines is 3. The SMILES string of the molecule is COc1ccccc1C1=C(Nc2cccc(F)c2)C(=O)N(c2cccc(N(C)C)c2)C1=O. The van der Waals surface area contributed by atoms with Gasteiger partial charge in [0, 0.05) is 31.0 Å². The molecule has 0 atom stereocenters. The Kier molecular flexibility index (Phi) is 5.64. The molecule has 2 amide bonds. The maximum atomic E-state index is 13.8. The normalized spacial score (nSPS) is 13.6. The van der Waals surface area contributed by atoms with E-state index in [1.165, 1.54) is 25.3 Å². The molecule has 3 aromatic rings. The van der Waals surface area contributed by atoms with E-state index < -0.39 is 17.6 Å². The van der Waals surface area contributed by atoms with Gasteiger partial charge in [-0.25, -0.2) is 9.29 Å². The van der Waals surface area contributed by atoms with Crippen molar-refractivity contribution in [1.82, 2.24) is 0 Å². The van der Waals surface area contributed by atoms with Gasteiger partial charge in [0.2, 0.25) is 0 Å². The fourth-order valence-electron chi connectivity index (χ4n) is 3.60. The number of hydrogen-bond acceptors (Lipinski definition) is 5. The van der Waals surface area contributed by atoms with Crippen LogP contribution in [0, 0.1) is 5.82 Å². The number of rotatable bonds is 6. The van der Waals surface area contributed by atoms with Crippen LogP contribution in [0.2, 0.25) is 0 Å². The molecule has 0 fully saturated rings. The lowest BCUT2D eigenvalue weighted by molar-refractivity contribution is -0.120. The largest absolute Gasteiger partial charge is 0.496 e. The summed E-state index contributed by atoms with van der Waals surface area (Å²) >= 11 is 0. The molecular weight excluding hydrogens is 409 g/mol. The number of imide groups is 1. The first-order chi connectivity index (χ1) is 15.4. The summed E-state index contributed by atoms with van der Waals surface area (Å²) in [4.78, 5) is 30.1. The number of carbonyl (C=O) groups is 2. The Morgan fingerprint density at radius 3 is 2.38 bits per heavy atom. The van der Waals surface area contributed by atoms with Crippen LogP contribution in [0.3, 0.4) is 0 Å². The zero-order valence-corrected chi connectivity index (χ0v) is 17.9. The highest BCUT2D eigenvalue weighted by Crippen LogP contribution is 2.38. The first kappa shape index (κ1) is 21.1. The summed E-state index contributed by atoms with van der Waals surface area (Å²) in [5, 5.41) is 2.96. The van der Waals surface area contributed by atoms with Gasteiger partial charge in [0.05, 0.1) is 18.4 Å². The quantitative estimate of drug-likeness (QED) is 0.590. The number of hydrogen-bond donors (Lipinski definition) is 1. The van der Waals surface area contributed by atoms with Gasteiger partial charge in [-0.05, 0) is 42.5 Å². The smallest absolute Gasteiger partial charge is 0.282 e. The van der Waals surface area contributed by atoms with E-state index in [1.807, 2.05) is 25.1 Å². The maximum Gasteiger partial charge on any atom is 0.282 e. The summed E-state index contributed by atoms with van der Waals surface area (Å²) in [6.45, 7) is 0. The fraction of sp³-hybridized carbons (Fsp3) is 0.120. The van der Waals surface area contributed by atoms with E-state index in [0.717, 1.165) is 10.6 Å². The average molecular weight is 431 g/mol. The number of para-hydroxylation sites is 1. The lowest BCUT2D eigenvalue weighted by Gasteiger charge is -2.19. The zero-order valence-electron chi connectivity index (χ0n) is 17.9. The van der Waals surface area contributed by atoms with Crippen LogP contribution in [-0.2, 0) is 9.59 Å². The molecule has 0 aliphatic carbocycles. The number of nitrogens with one attached hydrogen (secondary N) is 1. The minimum absolute atomic E-state index is 0.0559. The number of amides is 2. The number of ether oxygens (including phenoxy) is 1. The molecule has 0 bridgehead atoms. The van der Waals surface area contributed by atoms with Crippen molar-refractivity contribution in [2.24, 2.45) is 0 Å². The van der Waals surface area contributed by atoms with Gasteiger partial charge < -0.3 is 15.0 Å². The van der Waals surface area contributed by atoms with Crippen molar-refractivity contribution in [3.8, 4) is 5.75 Å². The summed E-state index contributed by atoms with van der Waals surface area (Å²) in [5.74, 6) is -1.03. The van der Waals surface area contributed by atoms with Gasteiger partial charge in [-0.1, -0.05) is 30.3 Å². The van der Waals surface area contributed by atoms with Crippen LogP contribution in [0.4, 0.5) is 21.5 Å². The second kappa shape index (κ2) is 8.55. The highest BCUT2D eigenvalue weighted by Gasteiger charge is 2.41. The Balaban J connectivity index is 1.86. The van der Waals surface area contributed by atoms with Crippen molar-refractivity contribution in [2.75, 3.05) is 36.3 Å². The lowest BCUT2D eigenvalue weighted by Crippen LogP contribution is -2.32. The van der Waals surface area contributed by atoms with Crippen molar-refractivity contribution < 1.29 is 18.7 Å². The average Bonchev–Trinajstić information content (AvgIpc) is 3.03. The first-order valence-corrected chi connectivity index (χ1v) is 9.97. The molecular formula is C25H22FN3O3. The maximum absolute atomic E-state index is 13.8. The predicted octanol–water partition coefficient (Wildman–Crippen LogP) is 4.30. The second-order valence-corrected chi connectivity index (χ2v) is 7.45. The van der Waals surface area contributed by atoms with Crippen molar-refractivity contribution in [3.05, 3.63) is 89.9 Å². The number of methoxy groups -OCH3 is 1. The van der Waals surface area contributed by atoms with Crippen molar-refractivity contribution in [2.45, 2.75) is 0 Å². The number of benzene rings is 3. The summed E-state index contributed by atoms with van der Waals surface area (Å²) in [6, 6.07) is 19.8. The van der Waals surface area contributed by atoms with Crippen LogP contribution in [0.5, 0.6) is 5.75 Å². The molecule has 4 rings (SSSR count). The topological polar surface area (TPSA) is 61.9 Å². The fourth-order valence-corrected chi connectivity index (χ4v) is 3.60. The standard InChI is InChI=1S/C25H22FN3O3/c1-28(2)18-10-7-11-19(15-18)29-24(30)22(20-12-4-5-13-21(20)32-3)23(25(29)31)27-17-9-6-8-16(26)14-17/h4-15,27H,1-3H3. The Bertz CT molecular complexity index is 1240.